The first kappa shape index (κ1) is 16.9. The van der Waals surface area contributed by atoms with Crippen molar-refractivity contribution >= 4 is 5.78 Å². The maximum atomic E-state index is 12.9. The molecule has 0 spiro atoms. The van der Waals surface area contributed by atoms with Crippen LogP contribution in [0.5, 0.6) is 0 Å². The first-order valence-electron chi connectivity index (χ1n) is 9.08. The van der Waals surface area contributed by atoms with Crippen LogP contribution in [-0.4, -0.2) is 30.3 Å². The fourth-order valence-electron chi connectivity index (χ4n) is 3.99. The fraction of sp³-hybridized carbons (Fsp3) is 0.409. The second kappa shape index (κ2) is 7.76. The lowest BCUT2D eigenvalue weighted by atomic mass is 9.69. The number of ketones is 1. The quantitative estimate of drug-likeness (QED) is 0.784. The molecular formula is C22H27NO. The molecule has 0 unspecified atom stereocenters. The molecule has 0 saturated carbocycles. The van der Waals surface area contributed by atoms with Gasteiger partial charge in [0.2, 0.25) is 0 Å². The van der Waals surface area contributed by atoms with Gasteiger partial charge in [0.1, 0.15) is 5.78 Å². The van der Waals surface area contributed by atoms with Crippen LogP contribution in [0.1, 0.15) is 43.7 Å². The molecule has 1 aliphatic heterocycles. The van der Waals surface area contributed by atoms with Crippen LogP contribution >= 0.6 is 0 Å². The van der Waals surface area contributed by atoms with Crippen molar-refractivity contribution in [2.24, 2.45) is 0 Å². The van der Waals surface area contributed by atoms with Crippen molar-refractivity contribution in [2.75, 3.05) is 19.6 Å². The van der Waals surface area contributed by atoms with E-state index in [2.05, 4.69) is 29.2 Å². The Balaban J connectivity index is 1.97. The second-order valence-corrected chi connectivity index (χ2v) is 6.85. The zero-order valence-electron chi connectivity index (χ0n) is 14.6. The fourth-order valence-corrected chi connectivity index (χ4v) is 3.99. The largest absolute Gasteiger partial charge is 0.303 e. The molecule has 2 aromatic rings. The topological polar surface area (TPSA) is 20.3 Å². The SMILES string of the molecule is CC(=O)C(CCN1CCCCC1)(c1ccccc1)c1ccccc1. The molecular weight excluding hydrogens is 294 g/mol. The molecule has 24 heavy (non-hydrogen) atoms. The average Bonchev–Trinajstić information content (AvgIpc) is 2.65. The van der Waals surface area contributed by atoms with Crippen molar-refractivity contribution in [3.8, 4) is 0 Å². The summed E-state index contributed by atoms with van der Waals surface area (Å²) in [7, 11) is 0. The van der Waals surface area contributed by atoms with Crippen molar-refractivity contribution in [2.45, 2.75) is 38.0 Å². The minimum atomic E-state index is -0.542. The van der Waals surface area contributed by atoms with Crippen LogP contribution in [-0.2, 0) is 10.2 Å². The van der Waals surface area contributed by atoms with Gasteiger partial charge in [0.15, 0.2) is 0 Å². The molecule has 0 N–H and O–H groups in total. The number of carbonyl (C=O) groups is 1. The number of benzene rings is 2. The summed E-state index contributed by atoms with van der Waals surface area (Å²) in [6.07, 6.45) is 4.75. The van der Waals surface area contributed by atoms with E-state index in [9.17, 15) is 4.79 Å². The lowest BCUT2D eigenvalue weighted by Crippen LogP contribution is -2.41. The summed E-state index contributed by atoms with van der Waals surface area (Å²) in [5.74, 6) is 0.233. The molecule has 3 rings (SSSR count). The standard InChI is InChI=1S/C22H27NO/c1-19(24)22(20-11-5-2-6-12-20,21-13-7-3-8-14-21)15-18-23-16-9-4-10-17-23/h2-3,5-8,11-14H,4,9-10,15-18H2,1H3. The Hall–Kier alpha value is -1.93. The molecule has 1 saturated heterocycles. The van der Waals surface area contributed by atoms with Gasteiger partial charge in [-0.25, -0.2) is 0 Å². The molecule has 0 amide bonds. The van der Waals surface area contributed by atoms with Crippen molar-refractivity contribution in [3.05, 3.63) is 71.8 Å². The van der Waals surface area contributed by atoms with Gasteiger partial charge in [-0.15, -0.1) is 0 Å². The highest BCUT2D eigenvalue weighted by Gasteiger charge is 2.39. The summed E-state index contributed by atoms with van der Waals surface area (Å²) >= 11 is 0. The number of rotatable bonds is 6. The number of hydrogen-bond acceptors (Lipinski definition) is 2. The lowest BCUT2D eigenvalue weighted by molar-refractivity contribution is -0.121. The molecule has 1 heterocycles. The van der Waals surface area contributed by atoms with E-state index in [0.29, 0.717) is 0 Å². The van der Waals surface area contributed by atoms with Crippen LogP contribution in [0.15, 0.2) is 60.7 Å². The van der Waals surface area contributed by atoms with Gasteiger partial charge in [-0.1, -0.05) is 67.1 Å². The molecule has 1 aliphatic rings. The van der Waals surface area contributed by atoms with E-state index in [1.54, 1.807) is 6.92 Å². The van der Waals surface area contributed by atoms with E-state index in [1.165, 1.54) is 19.3 Å². The summed E-state index contributed by atoms with van der Waals surface area (Å²) in [6, 6.07) is 20.6. The monoisotopic (exact) mass is 321 g/mol. The van der Waals surface area contributed by atoms with E-state index >= 15 is 0 Å². The van der Waals surface area contributed by atoms with Gasteiger partial charge in [0.25, 0.3) is 0 Å². The van der Waals surface area contributed by atoms with E-state index < -0.39 is 5.41 Å². The van der Waals surface area contributed by atoms with E-state index in [-0.39, 0.29) is 5.78 Å². The summed E-state index contributed by atoms with van der Waals surface area (Å²) in [6.45, 7) is 5.05. The Bertz CT molecular complexity index is 605. The number of likely N-dealkylation sites (tertiary alicyclic amines) is 1. The molecule has 2 nitrogen and oxygen atoms in total. The highest BCUT2D eigenvalue weighted by Crippen LogP contribution is 2.37. The third kappa shape index (κ3) is 3.44. The Morgan fingerprint density at radius 3 is 1.83 bits per heavy atom. The number of carbonyl (C=O) groups excluding carboxylic acids is 1. The predicted octanol–water partition coefficient (Wildman–Crippen LogP) is 4.44. The molecule has 0 bridgehead atoms. The second-order valence-electron chi connectivity index (χ2n) is 6.85. The van der Waals surface area contributed by atoms with Gasteiger partial charge in [-0.05, 0) is 56.9 Å². The van der Waals surface area contributed by atoms with E-state index in [0.717, 1.165) is 37.2 Å². The highest BCUT2D eigenvalue weighted by atomic mass is 16.1. The molecule has 2 aromatic carbocycles. The minimum Gasteiger partial charge on any atom is -0.303 e. The predicted molar refractivity (Wildman–Crippen MR) is 99.3 cm³/mol. The highest BCUT2D eigenvalue weighted by molar-refractivity contribution is 5.92. The van der Waals surface area contributed by atoms with Crippen LogP contribution < -0.4 is 0 Å². The number of piperidine rings is 1. The molecule has 0 aromatic heterocycles. The summed E-state index contributed by atoms with van der Waals surface area (Å²) in [5.41, 5.74) is 1.68. The average molecular weight is 321 g/mol. The van der Waals surface area contributed by atoms with Gasteiger partial charge in [-0.3, -0.25) is 4.79 Å². The summed E-state index contributed by atoms with van der Waals surface area (Å²) in [5, 5.41) is 0. The number of nitrogens with zero attached hydrogens (tertiary/aromatic N) is 1. The maximum Gasteiger partial charge on any atom is 0.144 e. The van der Waals surface area contributed by atoms with Gasteiger partial charge in [0, 0.05) is 0 Å². The molecule has 0 atom stereocenters. The van der Waals surface area contributed by atoms with Crippen molar-refractivity contribution in [3.63, 3.8) is 0 Å². The summed E-state index contributed by atoms with van der Waals surface area (Å²) < 4.78 is 0. The molecule has 0 aliphatic carbocycles. The third-order valence-corrected chi connectivity index (χ3v) is 5.39. The van der Waals surface area contributed by atoms with Gasteiger partial charge in [0.05, 0.1) is 5.41 Å². The molecule has 2 heteroatoms. The van der Waals surface area contributed by atoms with Gasteiger partial charge in [-0.2, -0.15) is 0 Å². The van der Waals surface area contributed by atoms with Crippen LogP contribution in [0.2, 0.25) is 0 Å². The van der Waals surface area contributed by atoms with Crippen LogP contribution in [0.3, 0.4) is 0 Å². The lowest BCUT2D eigenvalue weighted by Gasteiger charge is -2.36. The zero-order valence-corrected chi connectivity index (χ0v) is 14.6. The van der Waals surface area contributed by atoms with E-state index in [4.69, 9.17) is 0 Å². The van der Waals surface area contributed by atoms with Crippen molar-refractivity contribution in [1.29, 1.82) is 0 Å². The summed E-state index contributed by atoms with van der Waals surface area (Å²) in [4.78, 5) is 15.4. The Morgan fingerprint density at radius 1 is 0.875 bits per heavy atom. The Labute approximate surface area is 145 Å². The number of Topliss-reactive ketones (excluding diaryl/α,β-unsaturated/α-hetero) is 1. The van der Waals surface area contributed by atoms with E-state index in [1.807, 2.05) is 36.4 Å². The van der Waals surface area contributed by atoms with Crippen LogP contribution in [0, 0.1) is 0 Å². The molecule has 1 fully saturated rings. The van der Waals surface area contributed by atoms with Gasteiger partial charge < -0.3 is 4.90 Å². The van der Waals surface area contributed by atoms with Crippen molar-refractivity contribution < 1.29 is 4.79 Å². The first-order chi connectivity index (χ1) is 11.7. The number of hydrogen-bond donors (Lipinski definition) is 0. The first-order valence-corrected chi connectivity index (χ1v) is 9.08. The molecule has 126 valence electrons. The Morgan fingerprint density at radius 2 is 1.38 bits per heavy atom. The maximum absolute atomic E-state index is 12.9. The normalized spacial score (nSPS) is 16.0. The smallest absolute Gasteiger partial charge is 0.144 e. The van der Waals surface area contributed by atoms with Gasteiger partial charge >= 0.3 is 0 Å². The molecule has 0 radical (unpaired) electrons. The zero-order chi connectivity index (χ0) is 16.8. The Kier molecular flexibility index (Phi) is 5.47. The third-order valence-electron chi connectivity index (χ3n) is 5.39. The van der Waals surface area contributed by atoms with Crippen LogP contribution in [0.25, 0.3) is 0 Å². The minimum absolute atomic E-state index is 0.233. The van der Waals surface area contributed by atoms with Crippen molar-refractivity contribution in [1.82, 2.24) is 4.90 Å². The van der Waals surface area contributed by atoms with Crippen LogP contribution in [0.4, 0.5) is 0 Å².